The number of nitrogens with one attached hydrogen (secondary N) is 1. The number of rotatable bonds is 1. The molecule has 0 radical (unpaired) electrons. The second-order valence-electron chi connectivity index (χ2n) is 3.95. The molecule has 1 aromatic heterocycles. The Balaban J connectivity index is 1.94. The molecule has 2 amide bonds. The van der Waals surface area contributed by atoms with Crippen molar-refractivity contribution >= 4 is 11.8 Å². The maximum atomic E-state index is 11.8. The van der Waals surface area contributed by atoms with Crippen LogP contribution in [-0.2, 0) is 7.05 Å². The Labute approximate surface area is 93.9 Å². The van der Waals surface area contributed by atoms with Crippen LogP contribution in [0.5, 0.6) is 0 Å². The molecule has 0 aliphatic carbocycles. The van der Waals surface area contributed by atoms with Crippen LogP contribution < -0.4 is 5.32 Å². The average molecular weight is 221 g/mol. The van der Waals surface area contributed by atoms with Gasteiger partial charge in [0.1, 0.15) is 0 Å². The summed E-state index contributed by atoms with van der Waals surface area (Å²) >= 11 is 0. The predicted molar refractivity (Wildman–Crippen MR) is 60.0 cm³/mol. The molecule has 0 saturated heterocycles. The summed E-state index contributed by atoms with van der Waals surface area (Å²) in [5, 5.41) is 10.3. The molecule has 2 heterocycles. The van der Waals surface area contributed by atoms with Gasteiger partial charge in [0.05, 0.1) is 6.20 Å². The van der Waals surface area contributed by atoms with E-state index < -0.39 is 0 Å². The largest absolute Gasteiger partial charge is 0.323 e. The first-order valence-electron chi connectivity index (χ1n) is 5.23. The Bertz CT molecular complexity index is 423. The minimum atomic E-state index is -0.121. The molecule has 1 N–H and O–H groups in total. The van der Waals surface area contributed by atoms with Crippen LogP contribution in [0.2, 0.25) is 0 Å². The number of aryl methyl sites for hydroxylation is 1. The zero-order valence-electron chi connectivity index (χ0n) is 9.47. The van der Waals surface area contributed by atoms with Crippen LogP contribution in [0.4, 0.5) is 10.6 Å². The smallest absolute Gasteiger partial charge is 0.320 e. The van der Waals surface area contributed by atoms with E-state index in [0.717, 1.165) is 13.0 Å². The van der Waals surface area contributed by atoms with Crippen LogP contribution in [0.3, 0.4) is 0 Å². The Morgan fingerprint density at radius 1 is 1.56 bits per heavy atom. The Morgan fingerprint density at radius 2 is 2.38 bits per heavy atom. The predicted octanol–water partition coefficient (Wildman–Crippen LogP) is 0.999. The number of nitrogens with zero attached hydrogens (tertiary/aromatic N) is 4. The molecule has 2 rings (SSSR count). The summed E-state index contributed by atoms with van der Waals surface area (Å²) in [6, 6.07) is -0.121. The van der Waals surface area contributed by atoms with E-state index in [1.807, 2.05) is 0 Å². The topological polar surface area (TPSA) is 63.1 Å². The van der Waals surface area contributed by atoms with Crippen LogP contribution in [0.1, 0.15) is 13.3 Å². The number of carbonyl (C=O) groups is 1. The highest BCUT2D eigenvalue weighted by molar-refractivity contribution is 5.88. The van der Waals surface area contributed by atoms with Crippen LogP contribution in [0.15, 0.2) is 17.8 Å². The molecule has 0 bridgehead atoms. The Hall–Kier alpha value is -1.85. The van der Waals surface area contributed by atoms with Crippen molar-refractivity contribution < 1.29 is 4.79 Å². The van der Waals surface area contributed by atoms with Crippen LogP contribution in [0.25, 0.3) is 0 Å². The number of amides is 2. The molecule has 1 aliphatic rings. The van der Waals surface area contributed by atoms with Gasteiger partial charge in [-0.3, -0.25) is 10.00 Å². The van der Waals surface area contributed by atoms with Gasteiger partial charge in [0.25, 0.3) is 0 Å². The lowest BCUT2D eigenvalue weighted by atomic mass is 10.1. The van der Waals surface area contributed by atoms with Gasteiger partial charge in [-0.05, 0) is 13.3 Å². The fraction of sp³-hybridized carbons (Fsp3) is 0.500. The van der Waals surface area contributed by atoms with Gasteiger partial charge in [0, 0.05) is 20.1 Å². The fourth-order valence-corrected chi connectivity index (χ4v) is 1.55. The summed E-state index contributed by atoms with van der Waals surface area (Å²) in [4.78, 5) is 13.5. The van der Waals surface area contributed by atoms with Crippen molar-refractivity contribution in [3.63, 3.8) is 0 Å². The van der Waals surface area contributed by atoms with E-state index in [-0.39, 0.29) is 6.03 Å². The van der Waals surface area contributed by atoms with Crippen molar-refractivity contribution in [2.75, 3.05) is 18.4 Å². The molecule has 86 valence electrons. The van der Waals surface area contributed by atoms with Gasteiger partial charge >= 0.3 is 6.03 Å². The van der Waals surface area contributed by atoms with Gasteiger partial charge in [-0.25, -0.2) is 4.79 Å². The van der Waals surface area contributed by atoms with Crippen LogP contribution in [0, 0.1) is 0 Å². The number of urea groups is 1. The lowest BCUT2D eigenvalue weighted by Crippen LogP contribution is -2.37. The molecule has 1 aromatic rings. The van der Waals surface area contributed by atoms with Crippen LogP contribution in [-0.4, -0.2) is 39.0 Å². The maximum absolute atomic E-state index is 11.8. The SMILES string of the molecule is CC1=CCN(C(=O)Nc2cn(C)nn2)CC1. The van der Waals surface area contributed by atoms with E-state index >= 15 is 0 Å². The van der Waals surface area contributed by atoms with E-state index in [9.17, 15) is 4.79 Å². The maximum Gasteiger partial charge on any atom is 0.323 e. The van der Waals surface area contributed by atoms with Crippen molar-refractivity contribution in [2.45, 2.75) is 13.3 Å². The molecule has 6 nitrogen and oxygen atoms in total. The molecular weight excluding hydrogens is 206 g/mol. The zero-order valence-corrected chi connectivity index (χ0v) is 9.47. The van der Waals surface area contributed by atoms with Gasteiger partial charge in [0.15, 0.2) is 5.82 Å². The summed E-state index contributed by atoms with van der Waals surface area (Å²) in [5.74, 6) is 0.485. The summed E-state index contributed by atoms with van der Waals surface area (Å²) in [7, 11) is 1.76. The number of aromatic nitrogens is 3. The molecular formula is C10H15N5O. The average Bonchev–Trinajstić information content (AvgIpc) is 2.65. The number of hydrogen-bond acceptors (Lipinski definition) is 3. The minimum absolute atomic E-state index is 0.121. The number of hydrogen-bond donors (Lipinski definition) is 1. The summed E-state index contributed by atoms with van der Waals surface area (Å²) in [6.45, 7) is 3.50. The molecule has 6 heteroatoms. The van der Waals surface area contributed by atoms with E-state index in [1.54, 1.807) is 22.8 Å². The van der Waals surface area contributed by atoms with Crippen molar-refractivity contribution in [1.29, 1.82) is 0 Å². The summed E-state index contributed by atoms with van der Waals surface area (Å²) < 4.78 is 1.55. The van der Waals surface area contributed by atoms with Gasteiger partial charge in [0.2, 0.25) is 0 Å². The third kappa shape index (κ3) is 2.39. The molecule has 16 heavy (non-hydrogen) atoms. The van der Waals surface area contributed by atoms with E-state index in [1.165, 1.54) is 5.57 Å². The molecule has 0 saturated carbocycles. The van der Waals surface area contributed by atoms with Gasteiger partial charge in [-0.15, -0.1) is 5.10 Å². The van der Waals surface area contributed by atoms with E-state index in [0.29, 0.717) is 12.4 Å². The monoisotopic (exact) mass is 221 g/mol. The number of anilines is 1. The minimum Gasteiger partial charge on any atom is -0.320 e. The van der Waals surface area contributed by atoms with E-state index in [2.05, 4.69) is 28.6 Å². The second kappa shape index (κ2) is 4.34. The summed E-state index contributed by atoms with van der Waals surface area (Å²) in [5.41, 5.74) is 1.34. The van der Waals surface area contributed by atoms with Crippen molar-refractivity contribution in [1.82, 2.24) is 19.9 Å². The first kappa shape index (κ1) is 10.7. The molecule has 0 fully saturated rings. The standard InChI is InChI=1S/C10H15N5O/c1-8-3-5-15(6-4-8)10(16)11-9-7-14(2)13-12-9/h3,7H,4-6H2,1-2H3,(H,11,16). The first-order chi connectivity index (χ1) is 7.65. The summed E-state index contributed by atoms with van der Waals surface area (Å²) in [6.07, 6.45) is 4.68. The molecule has 0 unspecified atom stereocenters. The van der Waals surface area contributed by atoms with Crippen molar-refractivity contribution in [3.05, 3.63) is 17.8 Å². The Kier molecular flexibility index (Phi) is 2.89. The van der Waals surface area contributed by atoms with Crippen molar-refractivity contribution in [3.8, 4) is 0 Å². The van der Waals surface area contributed by atoms with Gasteiger partial charge < -0.3 is 4.90 Å². The van der Waals surface area contributed by atoms with Gasteiger partial charge in [-0.2, -0.15) is 0 Å². The highest BCUT2D eigenvalue weighted by atomic mass is 16.2. The third-order valence-corrected chi connectivity index (χ3v) is 2.56. The fourth-order valence-electron chi connectivity index (χ4n) is 1.55. The number of carbonyl (C=O) groups excluding carboxylic acids is 1. The third-order valence-electron chi connectivity index (χ3n) is 2.56. The lowest BCUT2D eigenvalue weighted by Gasteiger charge is -2.25. The molecule has 0 atom stereocenters. The van der Waals surface area contributed by atoms with E-state index in [4.69, 9.17) is 0 Å². The highest BCUT2D eigenvalue weighted by Gasteiger charge is 2.16. The second-order valence-corrected chi connectivity index (χ2v) is 3.95. The first-order valence-corrected chi connectivity index (χ1v) is 5.23. The molecule has 0 spiro atoms. The van der Waals surface area contributed by atoms with Crippen molar-refractivity contribution in [2.24, 2.45) is 7.05 Å². The normalized spacial score (nSPS) is 15.9. The molecule has 1 aliphatic heterocycles. The van der Waals surface area contributed by atoms with Gasteiger partial charge in [-0.1, -0.05) is 16.9 Å². The zero-order chi connectivity index (χ0) is 11.5. The quantitative estimate of drug-likeness (QED) is 0.719. The molecule has 0 aromatic carbocycles. The lowest BCUT2D eigenvalue weighted by molar-refractivity contribution is 0.215. The Morgan fingerprint density at radius 3 is 2.94 bits per heavy atom. The highest BCUT2D eigenvalue weighted by Crippen LogP contribution is 2.10. The van der Waals surface area contributed by atoms with Crippen LogP contribution >= 0.6 is 0 Å².